The largest absolute Gasteiger partial charge is 0.392 e. The molecule has 2 aromatic carbocycles. The molecule has 0 saturated carbocycles. The number of hydrogen-bond acceptors (Lipinski definition) is 5. The summed E-state index contributed by atoms with van der Waals surface area (Å²) in [5, 5.41) is 8.96. The van der Waals surface area contributed by atoms with Crippen LogP contribution in [0.25, 0.3) is 11.3 Å². The summed E-state index contributed by atoms with van der Waals surface area (Å²) >= 11 is 0. The van der Waals surface area contributed by atoms with E-state index in [1.807, 2.05) is 31.2 Å². The second-order valence-corrected chi connectivity index (χ2v) is 9.38. The Bertz CT molecular complexity index is 1200. The summed E-state index contributed by atoms with van der Waals surface area (Å²) in [5.74, 6) is 6.08. The molecular weight excluding hydrogens is 384 g/mol. The number of aliphatic hydroxyl groups is 1. The third-order valence-corrected chi connectivity index (χ3v) is 6.73. The van der Waals surface area contributed by atoms with E-state index in [9.17, 15) is 13.5 Å². The fourth-order valence-electron chi connectivity index (χ4n) is 2.70. The van der Waals surface area contributed by atoms with Gasteiger partial charge in [-0.3, -0.25) is 4.98 Å². The van der Waals surface area contributed by atoms with Gasteiger partial charge < -0.3 is 5.11 Å². The highest BCUT2D eigenvalue weighted by atomic mass is 32.2. The van der Waals surface area contributed by atoms with Crippen molar-refractivity contribution in [3.63, 3.8) is 0 Å². The van der Waals surface area contributed by atoms with Crippen molar-refractivity contribution in [3.8, 4) is 23.1 Å². The molecule has 0 amide bonds. The van der Waals surface area contributed by atoms with E-state index in [4.69, 9.17) is 0 Å². The second kappa shape index (κ2) is 8.56. The molecular formula is C23H26N2O3S. The highest BCUT2D eigenvalue weighted by Gasteiger charge is 2.19. The Morgan fingerprint density at radius 2 is 1.76 bits per heavy atom. The zero-order chi connectivity index (χ0) is 21.0. The first-order valence-electron chi connectivity index (χ1n) is 9.21. The van der Waals surface area contributed by atoms with Gasteiger partial charge in [0.15, 0.2) is 9.84 Å². The molecule has 0 fully saturated rings. The lowest BCUT2D eigenvalue weighted by Gasteiger charge is -2.09. The van der Waals surface area contributed by atoms with Gasteiger partial charge in [-0.2, -0.15) is 0 Å². The normalized spacial score (nSPS) is 11.2. The van der Waals surface area contributed by atoms with Crippen LogP contribution in [0.15, 0.2) is 59.6 Å². The van der Waals surface area contributed by atoms with E-state index in [1.165, 1.54) is 0 Å². The van der Waals surface area contributed by atoms with Gasteiger partial charge in [-0.05, 0) is 50.5 Å². The minimum Gasteiger partial charge on any atom is -0.392 e. The molecule has 6 heteroatoms. The van der Waals surface area contributed by atoms with E-state index < -0.39 is 15.1 Å². The molecule has 1 heterocycles. The van der Waals surface area contributed by atoms with E-state index >= 15 is 0 Å². The van der Waals surface area contributed by atoms with Crippen molar-refractivity contribution in [2.45, 2.75) is 37.5 Å². The lowest BCUT2D eigenvalue weighted by atomic mass is 10.1. The Labute approximate surface area is 174 Å². The topological polar surface area (TPSA) is 80.2 Å². The molecule has 3 rings (SSSR count). The smallest absolute Gasteiger partial charge is 0.180 e. The predicted molar refractivity (Wildman–Crippen MR) is 117 cm³/mol. The van der Waals surface area contributed by atoms with Crippen LogP contribution in [0, 0.1) is 18.8 Å². The Morgan fingerprint density at radius 1 is 1.07 bits per heavy atom. The molecule has 0 aliphatic heterocycles. The number of nitrogens with zero attached hydrogens (tertiary/aromatic N) is 2. The molecule has 1 aromatic heterocycles. The van der Waals surface area contributed by atoms with Crippen molar-refractivity contribution >= 4 is 9.84 Å². The van der Waals surface area contributed by atoms with Crippen LogP contribution in [-0.2, 0) is 16.4 Å². The van der Waals surface area contributed by atoms with Crippen molar-refractivity contribution in [3.05, 3.63) is 77.2 Å². The highest BCUT2D eigenvalue weighted by molar-refractivity contribution is 7.92. The van der Waals surface area contributed by atoms with Crippen LogP contribution in [0.3, 0.4) is 0 Å². The number of aromatic nitrogens is 2. The Morgan fingerprint density at radius 3 is 2.41 bits per heavy atom. The zero-order valence-corrected chi connectivity index (χ0v) is 17.4. The first kappa shape index (κ1) is 20.7. The number of rotatable bonds is 4. The van der Waals surface area contributed by atoms with Gasteiger partial charge in [0.2, 0.25) is 0 Å². The monoisotopic (exact) mass is 410 g/mol. The molecule has 152 valence electrons. The van der Waals surface area contributed by atoms with Crippen LogP contribution in [0.5, 0.6) is 0 Å². The van der Waals surface area contributed by atoms with E-state index in [0.29, 0.717) is 17.1 Å². The first-order valence-corrected chi connectivity index (χ1v) is 10.8. The second-order valence-electron chi connectivity index (χ2n) is 6.87. The van der Waals surface area contributed by atoms with Gasteiger partial charge >= 0.3 is 0 Å². The van der Waals surface area contributed by atoms with Crippen LogP contribution >= 0.6 is 0 Å². The van der Waals surface area contributed by atoms with Gasteiger partial charge in [-0.25, -0.2) is 13.4 Å². The van der Waals surface area contributed by atoms with Gasteiger partial charge in [0.05, 0.1) is 34.3 Å². The van der Waals surface area contributed by atoms with E-state index in [-0.39, 0.29) is 14.4 Å². The highest BCUT2D eigenvalue weighted by Crippen LogP contribution is 2.22. The lowest BCUT2D eigenvalue weighted by Crippen LogP contribution is -2.13. The number of sulfone groups is 1. The lowest BCUT2D eigenvalue weighted by molar-refractivity contribution is 0.281. The summed E-state index contributed by atoms with van der Waals surface area (Å²) in [6.45, 7) is 5.07. The number of hydrogen-bond donors (Lipinski definition) is 1. The third kappa shape index (κ3) is 4.53. The maximum atomic E-state index is 12.3. The summed E-state index contributed by atoms with van der Waals surface area (Å²) in [7, 11) is -3.32. The molecule has 0 saturated heterocycles. The van der Waals surface area contributed by atoms with Crippen molar-refractivity contribution in [2.24, 2.45) is 0 Å². The van der Waals surface area contributed by atoms with Gasteiger partial charge in [0.1, 0.15) is 5.69 Å². The van der Waals surface area contributed by atoms with Crippen LogP contribution in [-0.4, -0.2) is 28.7 Å². The minimum atomic E-state index is -3.32. The van der Waals surface area contributed by atoms with Crippen LogP contribution in [0.4, 0.5) is 0 Å². The van der Waals surface area contributed by atoms with Gasteiger partial charge in [0.25, 0.3) is 0 Å². The number of aryl methyl sites for hydroxylation is 1. The molecule has 5 nitrogen and oxygen atoms in total. The fourth-order valence-corrected chi connectivity index (χ4v) is 3.76. The van der Waals surface area contributed by atoms with Crippen molar-refractivity contribution in [1.29, 1.82) is 0 Å². The average Bonchev–Trinajstić information content (AvgIpc) is 2.73. The standard InChI is InChI=1S/C23H22N2O3S.2H2/c1-16(2)29(27,28)21-11-8-19(9-12-21)23-14-24-17(3)22(25-23)13-10-18-6-4-5-7-20(18)15-26;;/h4-9,11-12,14,16,26H,15H2,1-3H3;2*1H. The summed E-state index contributed by atoms with van der Waals surface area (Å²) in [4.78, 5) is 9.26. The van der Waals surface area contributed by atoms with Gasteiger partial charge in [-0.15, -0.1) is 0 Å². The minimum absolute atomic E-state index is 0. The zero-order valence-electron chi connectivity index (χ0n) is 16.5. The molecule has 0 bridgehead atoms. The molecule has 0 atom stereocenters. The van der Waals surface area contributed by atoms with Crippen LogP contribution < -0.4 is 0 Å². The maximum Gasteiger partial charge on any atom is 0.180 e. The predicted octanol–water partition coefficient (Wildman–Crippen LogP) is 4.02. The van der Waals surface area contributed by atoms with Crippen molar-refractivity contribution < 1.29 is 16.4 Å². The molecule has 0 radical (unpaired) electrons. The summed E-state index contributed by atoms with van der Waals surface area (Å²) in [5.41, 5.74) is 4.10. The number of benzene rings is 2. The van der Waals surface area contributed by atoms with Crippen LogP contribution in [0.2, 0.25) is 0 Å². The molecule has 0 spiro atoms. The molecule has 0 unspecified atom stereocenters. The molecule has 1 N–H and O–H groups in total. The SMILES string of the molecule is Cc1ncc(-c2ccc(S(=O)(=O)C(C)C)cc2)nc1C#Cc1ccccc1CO.[HH].[HH]. The molecule has 0 aliphatic rings. The fraction of sp³-hybridized carbons (Fsp3) is 0.217. The Kier molecular flexibility index (Phi) is 6.12. The summed E-state index contributed by atoms with van der Waals surface area (Å²) in [6, 6.07) is 14.0. The van der Waals surface area contributed by atoms with Crippen LogP contribution in [0.1, 0.15) is 39.2 Å². The molecule has 29 heavy (non-hydrogen) atoms. The van der Waals surface area contributed by atoms with Crippen molar-refractivity contribution in [1.82, 2.24) is 9.97 Å². The van der Waals surface area contributed by atoms with E-state index in [0.717, 1.165) is 16.7 Å². The Balaban J connectivity index is 0.00000240. The van der Waals surface area contributed by atoms with Gasteiger partial charge in [-0.1, -0.05) is 36.3 Å². The van der Waals surface area contributed by atoms with E-state index in [1.54, 1.807) is 44.3 Å². The number of aliphatic hydroxyl groups excluding tert-OH is 1. The van der Waals surface area contributed by atoms with Crippen molar-refractivity contribution in [2.75, 3.05) is 0 Å². The summed E-state index contributed by atoms with van der Waals surface area (Å²) in [6.07, 6.45) is 1.65. The maximum absolute atomic E-state index is 12.3. The molecule has 3 aromatic rings. The van der Waals surface area contributed by atoms with Gasteiger partial charge in [0, 0.05) is 14.0 Å². The van der Waals surface area contributed by atoms with E-state index in [2.05, 4.69) is 21.8 Å². The third-order valence-electron chi connectivity index (χ3n) is 4.56. The Hall–Kier alpha value is -3.01. The molecule has 0 aliphatic carbocycles. The average molecular weight is 411 g/mol. The first-order chi connectivity index (χ1) is 13.8. The summed E-state index contributed by atoms with van der Waals surface area (Å²) < 4.78 is 24.6. The quantitative estimate of drug-likeness (QED) is 0.657.